The molecular weight excluding hydrogens is 405 g/mol. The topological polar surface area (TPSA) is 105 Å². The van der Waals surface area contributed by atoms with E-state index >= 15 is 0 Å². The second-order valence-corrected chi connectivity index (χ2v) is 6.43. The molecule has 31 heavy (non-hydrogen) atoms. The Hall–Kier alpha value is -3.75. The quantitative estimate of drug-likeness (QED) is 0.595. The van der Waals surface area contributed by atoms with Crippen molar-refractivity contribution in [1.29, 1.82) is 0 Å². The number of nitrogens with one attached hydrogen (secondary N) is 2. The lowest BCUT2D eigenvalue weighted by atomic mass is 10.2. The molecule has 9 heteroatoms. The molecule has 2 N–H and O–H groups in total. The molecule has 3 amide bonds. The lowest BCUT2D eigenvalue weighted by molar-refractivity contribution is -0.146. The van der Waals surface area contributed by atoms with Gasteiger partial charge in [-0.3, -0.25) is 19.2 Å². The van der Waals surface area contributed by atoms with E-state index in [-0.39, 0.29) is 11.5 Å². The van der Waals surface area contributed by atoms with Crippen LogP contribution < -0.4 is 10.6 Å². The first-order valence-electron chi connectivity index (χ1n) is 9.73. The summed E-state index contributed by atoms with van der Waals surface area (Å²) in [7, 11) is 0. The number of esters is 1. The molecule has 0 radical (unpaired) electrons. The number of benzene rings is 2. The molecule has 0 aliphatic rings. The molecule has 2 aromatic rings. The van der Waals surface area contributed by atoms with Crippen LogP contribution in [0.3, 0.4) is 0 Å². The van der Waals surface area contributed by atoms with Crippen molar-refractivity contribution in [2.45, 2.75) is 13.8 Å². The molecule has 0 unspecified atom stereocenters. The van der Waals surface area contributed by atoms with E-state index < -0.39 is 36.8 Å². The Morgan fingerprint density at radius 1 is 0.968 bits per heavy atom. The molecule has 0 aliphatic carbocycles. The highest BCUT2D eigenvalue weighted by atomic mass is 19.1. The predicted molar refractivity (Wildman–Crippen MR) is 112 cm³/mol. The average molecular weight is 429 g/mol. The van der Waals surface area contributed by atoms with Crippen molar-refractivity contribution >= 4 is 29.4 Å². The van der Waals surface area contributed by atoms with Gasteiger partial charge in [0.2, 0.25) is 0 Å². The van der Waals surface area contributed by atoms with E-state index in [9.17, 15) is 23.6 Å². The van der Waals surface area contributed by atoms with Gasteiger partial charge in [0.1, 0.15) is 12.4 Å². The van der Waals surface area contributed by atoms with E-state index in [1.807, 2.05) is 13.8 Å². The summed E-state index contributed by atoms with van der Waals surface area (Å²) < 4.78 is 18.3. The van der Waals surface area contributed by atoms with Crippen LogP contribution in [0.4, 0.5) is 10.1 Å². The van der Waals surface area contributed by atoms with Gasteiger partial charge in [0.25, 0.3) is 17.7 Å². The summed E-state index contributed by atoms with van der Waals surface area (Å²) in [5.74, 6) is -3.01. The number of hydrogen-bond acceptors (Lipinski definition) is 5. The Morgan fingerprint density at radius 3 is 2.23 bits per heavy atom. The van der Waals surface area contributed by atoms with Crippen LogP contribution in [0.25, 0.3) is 0 Å². The van der Waals surface area contributed by atoms with Gasteiger partial charge < -0.3 is 20.3 Å². The molecule has 0 heterocycles. The van der Waals surface area contributed by atoms with E-state index in [1.165, 1.54) is 18.2 Å². The first-order chi connectivity index (χ1) is 14.8. The summed E-state index contributed by atoms with van der Waals surface area (Å²) in [5, 5.41) is 4.77. The van der Waals surface area contributed by atoms with E-state index in [1.54, 1.807) is 29.2 Å². The monoisotopic (exact) mass is 429 g/mol. The average Bonchev–Trinajstić information content (AvgIpc) is 2.77. The van der Waals surface area contributed by atoms with Crippen LogP contribution in [-0.4, -0.2) is 54.8 Å². The summed E-state index contributed by atoms with van der Waals surface area (Å²) in [6.07, 6.45) is 0. The van der Waals surface area contributed by atoms with Crippen molar-refractivity contribution < 1.29 is 28.3 Å². The van der Waals surface area contributed by atoms with Gasteiger partial charge in [-0.2, -0.15) is 0 Å². The molecule has 0 saturated heterocycles. The van der Waals surface area contributed by atoms with Gasteiger partial charge in [-0.25, -0.2) is 4.39 Å². The minimum Gasteiger partial charge on any atom is -0.454 e. The molecule has 0 fully saturated rings. The summed E-state index contributed by atoms with van der Waals surface area (Å²) in [6, 6.07) is 11.7. The second kappa shape index (κ2) is 11.4. The zero-order valence-electron chi connectivity index (χ0n) is 17.3. The third-order valence-corrected chi connectivity index (χ3v) is 4.34. The molecule has 0 spiro atoms. The molecule has 0 bridgehead atoms. The van der Waals surface area contributed by atoms with Crippen molar-refractivity contribution in [1.82, 2.24) is 10.2 Å². The van der Waals surface area contributed by atoms with Crippen LogP contribution in [-0.2, 0) is 14.3 Å². The van der Waals surface area contributed by atoms with Gasteiger partial charge in [-0.1, -0.05) is 12.1 Å². The van der Waals surface area contributed by atoms with Gasteiger partial charge in [0, 0.05) is 24.3 Å². The SMILES string of the molecule is CCN(CC)C(=O)c1ccc(NC(=O)COC(=O)CNC(=O)c2ccccc2F)cc1. The zero-order valence-corrected chi connectivity index (χ0v) is 17.3. The van der Waals surface area contributed by atoms with Crippen LogP contribution in [0.1, 0.15) is 34.6 Å². The molecule has 164 valence electrons. The third kappa shape index (κ3) is 6.91. The number of carbonyl (C=O) groups is 4. The third-order valence-electron chi connectivity index (χ3n) is 4.34. The van der Waals surface area contributed by atoms with E-state index in [2.05, 4.69) is 10.6 Å². The maximum atomic E-state index is 13.5. The number of halogens is 1. The number of amides is 3. The van der Waals surface area contributed by atoms with Crippen molar-refractivity contribution in [2.75, 3.05) is 31.6 Å². The van der Waals surface area contributed by atoms with Crippen LogP contribution in [0, 0.1) is 5.82 Å². The lowest BCUT2D eigenvalue weighted by Crippen LogP contribution is -2.32. The normalized spacial score (nSPS) is 10.2. The highest BCUT2D eigenvalue weighted by Crippen LogP contribution is 2.12. The summed E-state index contributed by atoms with van der Waals surface area (Å²) in [5.41, 5.74) is 0.736. The summed E-state index contributed by atoms with van der Waals surface area (Å²) in [4.78, 5) is 49.4. The van der Waals surface area contributed by atoms with Gasteiger partial charge in [0.15, 0.2) is 6.61 Å². The van der Waals surface area contributed by atoms with Crippen LogP contribution in [0.5, 0.6) is 0 Å². The number of ether oxygens (including phenoxy) is 1. The van der Waals surface area contributed by atoms with Crippen molar-refractivity contribution in [3.05, 3.63) is 65.5 Å². The zero-order chi connectivity index (χ0) is 22.8. The molecule has 2 aromatic carbocycles. The van der Waals surface area contributed by atoms with Crippen LogP contribution in [0.2, 0.25) is 0 Å². The predicted octanol–water partition coefficient (Wildman–Crippen LogP) is 2.22. The first-order valence-corrected chi connectivity index (χ1v) is 9.73. The number of hydrogen-bond donors (Lipinski definition) is 2. The molecule has 0 aliphatic heterocycles. The molecule has 2 rings (SSSR count). The maximum absolute atomic E-state index is 13.5. The first kappa shape index (κ1) is 23.5. The largest absolute Gasteiger partial charge is 0.454 e. The van der Waals surface area contributed by atoms with Crippen molar-refractivity contribution in [2.24, 2.45) is 0 Å². The Bertz CT molecular complexity index is 942. The molecular formula is C22H24FN3O5. The molecule has 0 aromatic heterocycles. The molecule has 8 nitrogen and oxygen atoms in total. The van der Waals surface area contributed by atoms with Gasteiger partial charge >= 0.3 is 5.97 Å². The van der Waals surface area contributed by atoms with Gasteiger partial charge in [-0.15, -0.1) is 0 Å². The molecule has 0 atom stereocenters. The Balaban J connectivity index is 1.77. The fourth-order valence-corrected chi connectivity index (χ4v) is 2.68. The number of rotatable bonds is 9. The fraction of sp³-hybridized carbons (Fsp3) is 0.273. The fourth-order valence-electron chi connectivity index (χ4n) is 2.68. The van der Waals surface area contributed by atoms with Crippen molar-refractivity contribution in [3.63, 3.8) is 0 Å². The lowest BCUT2D eigenvalue weighted by Gasteiger charge is -2.18. The summed E-state index contributed by atoms with van der Waals surface area (Å²) >= 11 is 0. The molecule has 0 saturated carbocycles. The standard InChI is InChI=1S/C22H24FN3O5/c1-3-26(4-2)22(30)15-9-11-16(12-10-15)25-19(27)14-31-20(28)13-24-21(29)17-7-5-6-8-18(17)23/h5-12H,3-4,13-14H2,1-2H3,(H,24,29)(H,25,27). The smallest absolute Gasteiger partial charge is 0.325 e. The number of nitrogens with zero attached hydrogens (tertiary/aromatic N) is 1. The van der Waals surface area contributed by atoms with Crippen molar-refractivity contribution in [3.8, 4) is 0 Å². The Morgan fingerprint density at radius 2 is 1.61 bits per heavy atom. The van der Waals surface area contributed by atoms with E-state index in [0.717, 1.165) is 6.07 Å². The minimum absolute atomic E-state index is 0.103. The second-order valence-electron chi connectivity index (χ2n) is 6.43. The van der Waals surface area contributed by atoms with Gasteiger partial charge in [-0.05, 0) is 50.2 Å². The highest BCUT2D eigenvalue weighted by molar-refractivity contribution is 5.97. The van der Waals surface area contributed by atoms with Crippen LogP contribution >= 0.6 is 0 Å². The van der Waals surface area contributed by atoms with Gasteiger partial charge in [0.05, 0.1) is 5.56 Å². The van der Waals surface area contributed by atoms with E-state index in [4.69, 9.17) is 4.74 Å². The highest BCUT2D eigenvalue weighted by Gasteiger charge is 2.15. The Kier molecular flexibility index (Phi) is 8.68. The Labute approximate surface area is 179 Å². The van der Waals surface area contributed by atoms with Crippen LogP contribution in [0.15, 0.2) is 48.5 Å². The number of carbonyl (C=O) groups excluding carboxylic acids is 4. The van der Waals surface area contributed by atoms with E-state index in [0.29, 0.717) is 24.3 Å². The maximum Gasteiger partial charge on any atom is 0.325 e. The minimum atomic E-state index is -0.847. The summed E-state index contributed by atoms with van der Waals surface area (Å²) in [6.45, 7) is 3.91. The number of anilines is 1.